The summed E-state index contributed by atoms with van der Waals surface area (Å²) in [6.07, 6.45) is 1.66. The smallest absolute Gasteiger partial charge is 0.340 e. The first-order valence-electron chi connectivity index (χ1n) is 8.24. The van der Waals surface area contributed by atoms with Gasteiger partial charge in [-0.15, -0.1) is 10.2 Å². The van der Waals surface area contributed by atoms with Crippen molar-refractivity contribution < 1.29 is 14.3 Å². The molecule has 136 valence electrons. The molecule has 2 rings (SSSR count). The van der Waals surface area contributed by atoms with Crippen LogP contribution in [0.15, 0.2) is 11.5 Å². The highest BCUT2D eigenvalue weighted by Crippen LogP contribution is 2.28. The largest absolute Gasteiger partial charge is 0.462 e. The Balaban J connectivity index is 2.24. The summed E-state index contributed by atoms with van der Waals surface area (Å²) in [5.41, 5.74) is 2.14. The zero-order chi connectivity index (χ0) is 18.7. The second kappa shape index (κ2) is 7.86. The maximum atomic E-state index is 12.9. The minimum Gasteiger partial charge on any atom is -0.462 e. The molecule has 0 saturated heterocycles. The number of H-pyrrole nitrogens is 1. The summed E-state index contributed by atoms with van der Waals surface area (Å²) >= 11 is 1.35. The fourth-order valence-corrected chi connectivity index (χ4v) is 3.61. The van der Waals surface area contributed by atoms with Gasteiger partial charge in [-0.2, -0.15) is 0 Å². The van der Waals surface area contributed by atoms with E-state index in [0.717, 1.165) is 0 Å². The Bertz CT molecular complexity index is 779. The average molecular weight is 364 g/mol. The lowest BCUT2D eigenvalue weighted by Crippen LogP contribution is -2.17. The van der Waals surface area contributed by atoms with E-state index in [0.29, 0.717) is 34.3 Å². The van der Waals surface area contributed by atoms with E-state index in [1.54, 1.807) is 27.1 Å². The number of ether oxygens (including phenoxy) is 1. The van der Waals surface area contributed by atoms with E-state index < -0.39 is 5.97 Å². The van der Waals surface area contributed by atoms with Crippen molar-refractivity contribution in [3.05, 3.63) is 28.8 Å². The lowest BCUT2D eigenvalue weighted by Gasteiger charge is -2.13. The summed E-state index contributed by atoms with van der Waals surface area (Å²) in [7, 11) is 0. The molecule has 0 amide bonds. The Morgan fingerprint density at radius 2 is 2.00 bits per heavy atom. The Kier molecular flexibility index (Phi) is 6.05. The van der Waals surface area contributed by atoms with Gasteiger partial charge in [-0.1, -0.05) is 11.8 Å². The van der Waals surface area contributed by atoms with Crippen LogP contribution in [0.25, 0.3) is 0 Å². The third kappa shape index (κ3) is 3.95. The van der Waals surface area contributed by atoms with Gasteiger partial charge in [0.2, 0.25) is 0 Å². The monoisotopic (exact) mass is 364 g/mol. The summed E-state index contributed by atoms with van der Waals surface area (Å²) < 4.78 is 7.00. The van der Waals surface area contributed by atoms with Gasteiger partial charge < -0.3 is 14.3 Å². The van der Waals surface area contributed by atoms with Crippen LogP contribution in [-0.2, 0) is 4.74 Å². The number of ketones is 1. The molecule has 0 spiro atoms. The van der Waals surface area contributed by atoms with E-state index in [9.17, 15) is 9.59 Å². The number of carbonyl (C=O) groups is 2. The zero-order valence-corrected chi connectivity index (χ0v) is 16.2. The zero-order valence-electron chi connectivity index (χ0n) is 15.4. The second-order valence-corrected chi connectivity index (χ2v) is 7.39. The summed E-state index contributed by atoms with van der Waals surface area (Å²) in [6.45, 7) is 11.5. The lowest BCUT2D eigenvalue weighted by molar-refractivity contribution is 0.0525. The van der Waals surface area contributed by atoms with Crippen molar-refractivity contribution in [2.75, 3.05) is 6.61 Å². The maximum Gasteiger partial charge on any atom is 0.340 e. The van der Waals surface area contributed by atoms with E-state index in [1.165, 1.54) is 11.8 Å². The Labute approximate surface area is 151 Å². The minimum atomic E-state index is -0.410. The van der Waals surface area contributed by atoms with E-state index in [-0.39, 0.29) is 17.1 Å². The summed E-state index contributed by atoms with van der Waals surface area (Å²) in [4.78, 5) is 28.0. The van der Waals surface area contributed by atoms with E-state index in [1.807, 2.05) is 25.3 Å². The van der Waals surface area contributed by atoms with Crippen molar-refractivity contribution in [2.24, 2.45) is 0 Å². The molecule has 0 aromatic carbocycles. The standard InChI is InChI=1S/C17H24N4O3S/c1-7-24-16(23)13-10(4)14(19-11(13)5)15(22)12(6)25-17-20-18-8-21(17)9(2)3/h8-9,12,19H,7H2,1-6H3. The van der Waals surface area contributed by atoms with Gasteiger partial charge in [0.15, 0.2) is 10.9 Å². The third-order valence-corrected chi connectivity index (χ3v) is 4.98. The molecule has 25 heavy (non-hydrogen) atoms. The third-order valence-electron chi connectivity index (χ3n) is 3.91. The molecule has 0 bridgehead atoms. The number of Topliss-reactive ketones (excluding diaryl/α,β-unsaturated/α-hetero) is 1. The summed E-state index contributed by atoms with van der Waals surface area (Å²) in [6, 6.07) is 0.213. The van der Waals surface area contributed by atoms with Gasteiger partial charge in [-0.3, -0.25) is 4.79 Å². The predicted molar refractivity (Wildman–Crippen MR) is 96.3 cm³/mol. The number of nitrogens with zero attached hydrogens (tertiary/aromatic N) is 3. The van der Waals surface area contributed by atoms with Crippen molar-refractivity contribution in [3.8, 4) is 0 Å². The van der Waals surface area contributed by atoms with Crippen molar-refractivity contribution in [1.82, 2.24) is 19.7 Å². The first-order valence-corrected chi connectivity index (χ1v) is 9.12. The number of esters is 1. The van der Waals surface area contributed by atoms with Crippen molar-refractivity contribution >= 4 is 23.5 Å². The fraction of sp³-hybridized carbons (Fsp3) is 0.529. The lowest BCUT2D eigenvalue weighted by atomic mass is 10.1. The highest BCUT2D eigenvalue weighted by molar-refractivity contribution is 8.00. The van der Waals surface area contributed by atoms with Crippen LogP contribution < -0.4 is 0 Å². The number of thioether (sulfide) groups is 1. The van der Waals surface area contributed by atoms with Gasteiger partial charge in [-0.05, 0) is 47.1 Å². The number of hydrogen-bond donors (Lipinski definition) is 1. The molecule has 1 N–H and O–H groups in total. The number of nitrogens with one attached hydrogen (secondary N) is 1. The van der Waals surface area contributed by atoms with Crippen LogP contribution in [0.5, 0.6) is 0 Å². The molecule has 1 unspecified atom stereocenters. The average Bonchev–Trinajstić information content (AvgIpc) is 3.11. The van der Waals surface area contributed by atoms with E-state index in [2.05, 4.69) is 15.2 Å². The van der Waals surface area contributed by atoms with Crippen LogP contribution in [0.4, 0.5) is 0 Å². The molecule has 0 aliphatic rings. The van der Waals surface area contributed by atoms with Crippen LogP contribution in [0.1, 0.15) is 65.8 Å². The van der Waals surface area contributed by atoms with Crippen molar-refractivity contribution in [3.63, 3.8) is 0 Å². The molecular weight excluding hydrogens is 340 g/mol. The molecule has 0 aliphatic heterocycles. The van der Waals surface area contributed by atoms with Crippen LogP contribution in [0, 0.1) is 13.8 Å². The number of carbonyl (C=O) groups excluding carboxylic acids is 2. The van der Waals surface area contributed by atoms with Gasteiger partial charge in [0, 0.05) is 11.7 Å². The first kappa shape index (κ1) is 19.2. The molecular formula is C17H24N4O3S. The second-order valence-electron chi connectivity index (χ2n) is 6.08. The molecule has 7 nitrogen and oxygen atoms in total. The molecule has 2 heterocycles. The molecule has 0 aliphatic carbocycles. The van der Waals surface area contributed by atoms with Crippen LogP contribution in [-0.4, -0.2) is 43.4 Å². The molecule has 0 fully saturated rings. The predicted octanol–water partition coefficient (Wildman–Crippen LogP) is 3.34. The summed E-state index contributed by atoms with van der Waals surface area (Å²) in [5.74, 6) is -0.493. The Morgan fingerprint density at radius 3 is 2.60 bits per heavy atom. The number of aryl methyl sites for hydroxylation is 1. The number of aromatic nitrogens is 4. The van der Waals surface area contributed by atoms with Crippen LogP contribution >= 0.6 is 11.8 Å². The SMILES string of the molecule is CCOC(=O)c1c(C)[nH]c(C(=O)C(C)Sc2nncn2C(C)C)c1C. The molecule has 1 atom stereocenters. The van der Waals surface area contributed by atoms with E-state index >= 15 is 0 Å². The van der Waals surface area contributed by atoms with Crippen molar-refractivity contribution in [2.45, 2.75) is 58.0 Å². The Morgan fingerprint density at radius 1 is 1.32 bits per heavy atom. The molecule has 0 saturated carbocycles. The van der Waals surface area contributed by atoms with Gasteiger partial charge in [-0.25, -0.2) is 4.79 Å². The van der Waals surface area contributed by atoms with Gasteiger partial charge in [0.05, 0.1) is 23.1 Å². The first-order chi connectivity index (χ1) is 11.8. The van der Waals surface area contributed by atoms with Gasteiger partial charge in [0.25, 0.3) is 0 Å². The van der Waals surface area contributed by atoms with Gasteiger partial charge in [0.1, 0.15) is 6.33 Å². The summed E-state index contributed by atoms with van der Waals surface area (Å²) in [5, 5.41) is 8.34. The van der Waals surface area contributed by atoms with Crippen LogP contribution in [0.3, 0.4) is 0 Å². The Hall–Kier alpha value is -2.09. The highest BCUT2D eigenvalue weighted by atomic mass is 32.2. The number of rotatable bonds is 7. The van der Waals surface area contributed by atoms with E-state index in [4.69, 9.17) is 4.74 Å². The van der Waals surface area contributed by atoms with Crippen molar-refractivity contribution in [1.29, 1.82) is 0 Å². The quantitative estimate of drug-likeness (QED) is 0.460. The normalized spacial score (nSPS) is 12.4. The highest BCUT2D eigenvalue weighted by Gasteiger charge is 2.27. The molecule has 8 heteroatoms. The molecule has 2 aromatic rings. The minimum absolute atomic E-state index is 0.0838. The number of hydrogen-bond acceptors (Lipinski definition) is 6. The number of aromatic amines is 1. The molecule has 2 aromatic heterocycles. The maximum absolute atomic E-state index is 12.9. The van der Waals surface area contributed by atoms with Gasteiger partial charge >= 0.3 is 5.97 Å². The molecule has 0 radical (unpaired) electrons. The van der Waals surface area contributed by atoms with Crippen LogP contribution in [0.2, 0.25) is 0 Å². The fourth-order valence-electron chi connectivity index (χ4n) is 2.59. The topological polar surface area (TPSA) is 89.9 Å².